The predicted octanol–water partition coefficient (Wildman–Crippen LogP) is 1.62. The Bertz CT molecular complexity index is 216. The summed E-state index contributed by atoms with van der Waals surface area (Å²) in [6, 6.07) is -0.289. The molecule has 0 saturated carbocycles. The lowest BCUT2D eigenvalue weighted by atomic mass is 9.97. The number of hydrogen-bond donors (Lipinski definition) is 1. The van der Waals surface area contributed by atoms with Crippen LogP contribution >= 0.6 is 0 Å². The highest BCUT2D eigenvalue weighted by Gasteiger charge is 2.28. The van der Waals surface area contributed by atoms with E-state index < -0.39 is 0 Å². The molecule has 0 aliphatic carbocycles. The van der Waals surface area contributed by atoms with Crippen LogP contribution in [-0.4, -0.2) is 29.9 Å². The summed E-state index contributed by atoms with van der Waals surface area (Å²) in [5.74, 6) is 1.56. The third-order valence-electron chi connectivity index (χ3n) is 3.16. The van der Waals surface area contributed by atoms with Crippen LogP contribution in [0.25, 0.3) is 0 Å². The second-order valence-corrected chi connectivity index (χ2v) is 5.08. The zero-order valence-corrected chi connectivity index (χ0v) is 10.2. The first-order valence-electron chi connectivity index (χ1n) is 6.09. The number of amides is 1. The fraction of sp³-hybridized carbons (Fsp3) is 0.917. The highest BCUT2D eigenvalue weighted by molar-refractivity contribution is 5.81. The molecule has 0 spiro atoms. The van der Waals surface area contributed by atoms with Crippen LogP contribution in [0.1, 0.15) is 40.0 Å². The van der Waals surface area contributed by atoms with Gasteiger partial charge in [0.25, 0.3) is 0 Å². The van der Waals surface area contributed by atoms with Gasteiger partial charge < -0.3 is 10.6 Å². The molecule has 0 aromatic rings. The highest BCUT2D eigenvalue weighted by Crippen LogP contribution is 2.23. The molecule has 15 heavy (non-hydrogen) atoms. The summed E-state index contributed by atoms with van der Waals surface area (Å²) >= 11 is 0. The Balaban J connectivity index is 2.39. The van der Waals surface area contributed by atoms with Crippen molar-refractivity contribution in [2.24, 2.45) is 17.6 Å². The summed E-state index contributed by atoms with van der Waals surface area (Å²) in [5.41, 5.74) is 5.75. The number of carbonyl (C=O) groups is 1. The standard InChI is InChI=1S/C12H24N2O/c1-4-11(13)12(15)14-6-5-10(8-14)7-9(2)3/h9-11H,4-8,13H2,1-3H3/t10?,11-/m0/s1. The third-order valence-corrected chi connectivity index (χ3v) is 3.16. The Kier molecular flexibility index (Phi) is 4.58. The Morgan fingerprint density at radius 2 is 2.20 bits per heavy atom. The molecule has 1 aliphatic heterocycles. The molecular weight excluding hydrogens is 188 g/mol. The molecule has 1 fully saturated rings. The molecule has 0 bridgehead atoms. The van der Waals surface area contributed by atoms with Gasteiger partial charge in [0.15, 0.2) is 0 Å². The van der Waals surface area contributed by atoms with Crippen LogP contribution in [0.15, 0.2) is 0 Å². The molecule has 0 aromatic carbocycles. The van der Waals surface area contributed by atoms with Gasteiger partial charge in [0.05, 0.1) is 6.04 Å². The van der Waals surface area contributed by atoms with Crippen LogP contribution in [0.5, 0.6) is 0 Å². The smallest absolute Gasteiger partial charge is 0.239 e. The van der Waals surface area contributed by atoms with Crippen LogP contribution in [0.3, 0.4) is 0 Å². The molecule has 0 radical (unpaired) electrons. The van der Waals surface area contributed by atoms with Gasteiger partial charge in [-0.3, -0.25) is 4.79 Å². The number of rotatable bonds is 4. The summed E-state index contributed by atoms with van der Waals surface area (Å²) in [6.45, 7) is 8.27. The maximum atomic E-state index is 11.8. The monoisotopic (exact) mass is 212 g/mol. The maximum absolute atomic E-state index is 11.8. The van der Waals surface area contributed by atoms with Crippen LogP contribution in [0.4, 0.5) is 0 Å². The summed E-state index contributed by atoms with van der Waals surface area (Å²) < 4.78 is 0. The van der Waals surface area contributed by atoms with Crippen molar-refractivity contribution in [3.63, 3.8) is 0 Å². The summed E-state index contributed by atoms with van der Waals surface area (Å²) in [6.07, 6.45) is 3.12. The van der Waals surface area contributed by atoms with E-state index in [-0.39, 0.29) is 11.9 Å². The van der Waals surface area contributed by atoms with Crippen LogP contribution in [-0.2, 0) is 4.79 Å². The fourth-order valence-corrected chi connectivity index (χ4v) is 2.30. The number of nitrogens with two attached hydrogens (primary N) is 1. The zero-order valence-electron chi connectivity index (χ0n) is 10.2. The van der Waals surface area contributed by atoms with E-state index in [0.29, 0.717) is 5.92 Å². The first kappa shape index (κ1) is 12.5. The molecule has 1 saturated heterocycles. The first-order chi connectivity index (χ1) is 7.04. The van der Waals surface area contributed by atoms with E-state index in [2.05, 4.69) is 13.8 Å². The molecule has 2 atom stereocenters. The summed E-state index contributed by atoms with van der Waals surface area (Å²) in [4.78, 5) is 13.8. The quantitative estimate of drug-likeness (QED) is 0.769. The number of hydrogen-bond acceptors (Lipinski definition) is 2. The third kappa shape index (κ3) is 3.49. The molecule has 88 valence electrons. The molecule has 1 heterocycles. The molecule has 0 aromatic heterocycles. The van der Waals surface area contributed by atoms with Crippen molar-refractivity contribution in [3.8, 4) is 0 Å². The Labute approximate surface area is 93.0 Å². The van der Waals surface area contributed by atoms with Gasteiger partial charge in [-0.15, -0.1) is 0 Å². The molecule has 1 rings (SSSR count). The maximum Gasteiger partial charge on any atom is 0.239 e. The van der Waals surface area contributed by atoms with E-state index in [1.165, 1.54) is 6.42 Å². The van der Waals surface area contributed by atoms with Gasteiger partial charge in [-0.05, 0) is 31.1 Å². The minimum atomic E-state index is -0.289. The topological polar surface area (TPSA) is 46.3 Å². The van der Waals surface area contributed by atoms with E-state index in [1.54, 1.807) is 0 Å². The van der Waals surface area contributed by atoms with Crippen molar-refractivity contribution in [1.29, 1.82) is 0 Å². The van der Waals surface area contributed by atoms with Gasteiger partial charge in [-0.2, -0.15) is 0 Å². The van der Waals surface area contributed by atoms with E-state index in [1.807, 2.05) is 11.8 Å². The number of carbonyl (C=O) groups excluding carboxylic acids is 1. The highest BCUT2D eigenvalue weighted by atomic mass is 16.2. The van der Waals surface area contributed by atoms with Crippen LogP contribution in [0.2, 0.25) is 0 Å². The Hall–Kier alpha value is -0.570. The fourth-order valence-electron chi connectivity index (χ4n) is 2.30. The lowest BCUT2D eigenvalue weighted by molar-refractivity contribution is -0.131. The van der Waals surface area contributed by atoms with Crippen molar-refractivity contribution < 1.29 is 4.79 Å². The van der Waals surface area contributed by atoms with E-state index >= 15 is 0 Å². The molecule has 1 amide bonds. The van der Waals surface area contributed by atoms with Gasteiger partial charge in [-0.25, -0.2) is 0 Å². The average Bonchev–Trinajstić information content (AvgIpc) is 2.63. The largest absolute Gasteiger partial charge is 0.341 e. The SMILES string of the molecule is CC[C@H](N)C(=O)N1CCC(CC(C)C)C1. The van der Waals surface area contributed by atoms with E-state index in [0.717, 1.165) is 31.8 Å². The average molecular weight is 212 g/mol. The second kappa shape index (κ2) is 5.50. The van der Waals surface area contributed by atoms with Gasteiger partial charge >= 0.3 is 0 Å². The van der Waals surface area contributed by atoms with Crippen molar-refractivity contribution in [3.05, 3.63) is 0 Å². The zero-order chi connectivity index (χ0) is 11.4. The number of nitrogens with zero attached hydrogens (tertiary/aromatic N) is 1. The number of likely N-dealkylation sites (tertiary alicyclic amines) is 1. The Morgan fingerprint density at radius 3 is 2.73 bits per heavy atom. The van der Waals surface area contributed by atoms with Gasteiger partial charge in [0.2, 0.25) is 5.91 Å². The van der Waals surface area contributed by atoms with E-state index in [4.69, 9.17) is 5.73 Å². The minimum absolute atomic E-state index is 0.142. The lowest BCUT2D eigenvalue weighted by Gasteiger charge is -2.20. The van der Waals surface area contributed by atoms with Gasteiger partial charge in [-0.1, -0.05) is 20.8 Å². The normalized spacial score (nSPS) is 23.5. The molecule has 1 unspecified atom stereocenters. The molecular formula is C12H24N2O. The van der Waals surface area contributed by atoms with Gasteiger partial charge in [0.1, 0.15) is 0 Å². The van der Waals surface area contributed by atoms with Gasteiger partial charge in [0, 0.05) is 13.1 Å². The first-order valence-corrected chi connectivity index (χ1v) is 6.09. The van der Waals surface area contributed by atoms with Crippen molar-refractivity contribution in [2.75, 3.05) is 13.1 Å². The Morgan fingerprint density at radius 1 is 1.53 bits per heavy atom. The molecule has 3 heteroatoms. The molecule has 1 aliphatic rings. The lowest BCUT2D eigenvalue weighted by Crippen LogP contribution is -2.42. The predicted molar refractivity (Wildman–Crippen MR) is 62.4 cm³/mol. The van der Waals surface area contributed by atoms with Crippen LogP contribution < -0.4 is 5.73 Å². The molecule has 3 nitrogen and oxygen atoms in total. The van der Waals surface area contributed by atoms with Crippen LogP contribution in [0, 0.1) is 11.8 Å². The van der Waals surface area contributed by atoms with Crippen molar-refractivity contribution in [2.45, 2.75) is 46.1 Å². The summed E-state index contributed by atoms with van der Waals surface area (Å²) in [5, 5.41) is 0. The van der Waals surface area contributed by atoms with E-state index in [9.17, 15) is 4.79 Å². The second-order valence-electron chi connectivity index (χ2n) is 5.08. The minimum Gasteiger partial charge on any atom is -0.341 e. The van der Waals surface area contributed by atoms with Crippen molar-refractivity contribution >= 4 is 5.91 Å². The molecule has 2 N–H and O–H groups in total. The van der Waals surface area contributed by atoms with Crippen molar-refractivity contribution in [1.82, 2.24) is 4.90 Å². The summed E-state index contributed by atoms with van der Waals surface area (Å²) in [7, 11) is 0.